The monoisotopic (exact) mass is 380 g/mol. The Morgan fingerprint density at radius 1 is 1.00 bits per heavy atom. The molecule has 1 heterocycles. The van der Waals surface area contributed by atoms with Crippen molar-refractivity contribution in [1.29, 1.82) is 0 Å². The van der Waals surface area contributed by atoms with E-state index in [-0.39, 0.29) is 36.0 Å². The van der Waals surface area contributed by atoms with Crippen LogP contribution in [0.5, 0.6) is 0 Å². The van der Waals surface area contributed by atoms with Crippen LogP contribution in [0.3, 0.4) is 0 Å². The summed E-state index contributed by atoms with van der Waals surface area (Å²) >= 11 is 0. The van der Waals surface area contributed by atoms with E-state index >= 15 is 8.78 Å². The fourth-order valence-corrected chi connectivity index (χ4v) is 7.55. The van der Waals surface area contributed by atoms with E-state index < -0.39 is 40.9 Å². The Morgan fingerprint density at radius 3 is 2.15 bits per heavy atom. The number of rotatable bonds is 0. The molecule has 0 radical (unpaired) electrons. The zero-order valence-corrected chi connectivity index (χ0v) is 14.3. The van der Waals surface area contributed by atoms with Gasteiger partial charge in [0.25, 0.3) is 0 Å². The normalized spacial score (nSPS) is 58.1. The van der Waals surface area contributed by atoms with Gasteiger partial charge in [0.15, 0.2) is 0 Å². The van der Waals surface area contributed by atoms with Gasteiger partial charge in [0.05, 0.1) is 5.60 Å². The highest BCUT2D eigenvalue weighted by Crippen LogP contribution is 2.76. The van der Waals surface area contributed by atoms with Crippen LogP contribution >= 0.6 is 0 Å². The average Bonchev–Trinajstić information content (AvgIpc) is 3.20. The first-order chi connectivity index (χ1) is 11.8. The van der Waals surface area contributed by atoms with Crippen molar-refractivity contribution in [2.45, 2.75) is 55.8 Å². The Labute approximate surface area is 147 Å². The molecule has 146 valence electrons. The van der Waals surface area contributed by atoms with Crippen LogP contribution in [-0.2, 0) is 4.74 Å². The van der Waals surface area contributed by atoms with E-state index in [1.165, 1.54) is 13.8 Å². The molecule has 9 unspecified atom stereocenters. The Morgan fingerprint density at radius 2 is 1.58 bits per heavy atom. The van der Waals surface area contributed by atoms with Gasteiger partial charge in [-0.3, -0.25) is 0 Å². The Balaban J connectivity index is 1.69. The number of alkyl halides is 5. The van der Waals surface area contributed by atoms with E-state index in [1.54, 1.807) is 0 Å². The number of fused-ring (bicyclic) bond motifs is 12. The lowest BCUT2D eigenvalue weighted by molar-refractivity contribution is -0.512. The molecule has 9 atom stereocenters. The van der Waals surface area contributed by atoms with E-state index in [2.05, 4.69) is 6.08 Å². The molecule has 1 aliphatic heterocycles. The van der Waals surface area contributed by atoms with Crippen LogP contribution in [0.25, 0.3) is 0 Å². The lowest BCUT2D eigenvalue weighted by Crippen LogP contribution is -2.81. The van der Waals surface area contributed by atoms with E-state index in [1.807, 2.05) is 6.08 Å². The fourth-order valence-electron chi connectivity index (χ4n) is 7.55. The minimum atomic E-state index is -5.73. The third-order valence-electron chi connectivity index (χ3n) is 8.01. The zero-order valence-electron chi connectivity index (χ0n) is 14.3. The summed E-state index contributed by atoms with van der Waals surface area (Å²) in [5.74, 6) is -11.9. The predicted octanol–water partition coefficient (Wildman–Crippen LogP) is 3.12. The standard InChI is InChI=1S/C18H21F5O3/c1-14(2)13-9-6-10(12-8-4-3-7(5-8)11(9)12)15(13,24)16(19,20)17(25,26-14)18(21,22)23/h3-4,7-13,24-25H,5-6H2,1-2H3. The summed E-state index contributed by atoms with van der Waals surface area (Å²) in [6, 6.07) is 0. The van der Waals surface area contributed by atoms with E-state index in [4.69, 9.17) is 4.74 Å². The van der Waals surface area contributed by atoms with Gasteiger partial charge in [0, 0.05) is 5.92 Å². The molecule has 0 amide bonds. The summed E-state index contributed by atoms with van der Waals surface area (Å²) in [7, 11) is 0. The van der Waals surface area contributed by atoms with E-state index in [9.17, 15) is 23.4 Å². The molecular formula is C18H21F5O3. The first-order valence-electron chi connectivity index (χ1n) is 9.05. The maximum Gasteiger partial charge on any atom is 0.449 e. The number of halogens is 5. The summed E-state index contributed by atoms with van der Waals surface area (Å²) in [4.78, 5) is 0. The van der Waals surface area contributed by atoms with Gasteiger partial charge in [0.1, 0.15) is 5.60 Å². The molecule has 2 N–H and O–H groups in total. The molecule has 1 saturated heterocycles. The van der Waals surface area contributed by atoms with Crippen molar-refractivity contribution in [3.05, 3.63) is 12.2 Å². The molecular weight excluding hydrogens is 359 g/mol. The molecule has 3 saturated carbocycles. The maximum absolute atomic E-state index is 15.2. The number of ether oxygens (including phenoxy) is 1. The molecule has 4 bridgehead atoms. The third-order valence-corrected chi connectivity index (χ3v) is 8.01. The second kappa shape index (κ2) is 4.30. The molecule has 4 aliphatic carbocycles. The Kier molecular flexibility index (Phi) is 2.87. The van der Waals surface area contributed by atoms with Gasteiger partial charge >= 0.3 is 17.9 Å². The van der Waals surface area contributed by atoms with Gasteiger partial charge in [-0.15, -0.1) is 0 Å². The molecule has 0 aromatic heterocycles. The second-order valence-corrected chi connectivity index (χ2v) is 9.33. The molecule has 5 aliphatic rings. The second-order valence-electron chi connectivity index (χ2n) is 9.33. The van der Waals surface area contributed by atoms with E-state index in [0.29, 0.717) is 0 Å². The van der Waals surface area contributed by atoms with Crippen molar-refractivity contribution in [3.8, 4) is 0 Å². The summed E-state index contributed by atoms with van der Waals surface area (Å²) in [5.41, 5.74) is -4.68. The fraction of sp³-hybridized carbons (Fsp3) is 0.889. The lowest BCUT2D eigenvalue weighted by Gasteiger charge is -2.62. The smallest absolute Gasteiger partial charge is 0.383 e. The van der Waals surface area contributed by atoms with Crippen molar-refractivity contribution in [3.63, 3.8) is 0 Å². The van der Waals surface area contributed by atoms with Crippen molar-refractivity contribution in [1.82, 2.24) is 0 Å². The van der Waals surface area contributed by atoms with Crippen molar-refractivity contribution < 1.29 is 36.9 Å². The van der Waals surface area contributed by atoms with Gasteiger partial charge in [0.2, 0.25) is 0 Å². The number of hydrogen-bond donors (Lipinski definition) is 2. The van der Waals surface area contributed by atoms with Crippen LogP contribution in [0, 0.1) is 41.4 Å². The van der Waals surface area contributed by atoms with Gasteiger partial charge in [-0.05, 0) is 62.2 Å². The zero-order chi connectivity index (χ0) is 19.1. The molecule has 4 fully saturated rings. The topological polar surface area (TPSA) is 49.7 Å². The van der Waals surface area contributed by atoms with Crippen LogP contribution in [0.1, 0.15) is 26.7 Å². The lowest BCUT2D eigenvalue weighted by atomic mass is 9.55. The highest BCUT2D eigenvalue weighted by atomic mass is 19.4. The largest absolute Gasteiger partial charge is 0.449 e. The molecule has 5 rings (SSSR count). The predicted molar refractivity (Wildman–Crippen MR) is 78.9 cm³/mol. The SMILES string of the molecule is CC1(C)OC(O)(C(F)(F)F)C(F)(F)C2(O)C3CC(C4C5C=CC(C5)C43)C12. The summed E-state index contributed by atoms with van der Waals surface area (Å²) in [6.07, 6.45) is -0.650. The summed E-state index contributed by atoms with van der Waals surface area (Å²) in [6.45, 7) is 2.54. The van der Waals surface area contributed by atoms with Crippen LogP contribution in [0.2, 0.25) is 0 Å². The van der Waals surface area contributed by atoms with Crippen molar-refractivity contribution in [2.75, 3.05) is 0 Å². The van der Waals surface area contributed by atoms with Crippen LogP contribution < -0.4 is 0 Å². The van der Waals surface area contributed by atoms with Gasteiger partial charge in [-0.1, -0.05) is 12.2 Å². The number of aliphatic hydroxyl groups is 2. The van der Waals surface area contributed by atoms with Gasteiger partial charge in [-0.25, -0.2) is 0 Å². The molecule has 0 aromatic rings. The minimum Gasteiger partial charge on any atom is -0.383 e. The Hall–Kier alpha value is -0.730. The highest BCUT2D eigenvalue weighted by Gasteiger charge is 2.90. The van der Waals surface area contributed by atoms with Crippen molar-refractivity contribution in [2.24, 2.45) is 41.4 Å². The summed E-state index contributed by atoms with van der Waals surface area (Å²) < 4.78 is 75.6. The molecule has 0 aromatic carbocycles. The third kappa shape index (κ3) is 1.52. The molecule has 3 nitrogen and oxygen atoms in total. The highest BCUT2D eigenvalue weighted by molar-refractivity contribution is 5.31. The molecule has 0 spiro atoms. The van der Waals surface area contributed by atoms with Gasteiger partial charge < -0.3 is 14.9 Å². The van der Waals surface area contributed by atoms with Crippen LogP contribution in [0.15, 0.2) is 12.2 Å². The molecule has 8 heteroatoms. The first kappa shape index (κ1) is 17.4. The van der Waals surface area contributed by atoms with Gasteiger partial charge in [-0.2, -0.15) is 22.0 Å². The average molecular weight is 380 g/mol. The quantitative estimate of drug-likeness (QED) is 0.386. The maximum atomic E-state index is 15.2. The van der Waals surface area contributed by atoms with Crippen LogP contribution in [0.4, 0.5) is 22.0 Å². The van der Waals surface area contributed by atoms with Crippen LogP contribution in [-0.4, -0.2) is 39.3 Å². The number of allylic oxidation sites excluding steroid dienone is 2. The molecule has 26 heavy (non-hydrogen) atoms. The van der Waals surface area contributed by atoms with E-state index in [0.717, 1.165) is 6.42 Å². The first-order valence-corrected chi connectivity index (χ1v) is 9.05. The Bertz CT molecular complexity index is 703. The van der Waals surface area contributed by atoms with Crippen molar-refractivity contribution >= 4 is 0 Å². The summed E-state index contributed by atoms with van der Waals surface area (Å²) in [5, 5.41) is 21.2. The number of hydrogen-bond acceptors (Lipinski definition) is 3. The minimum absolute atomic E-state index is 0.0192.